The summed E-state index contributed by atoms with van der Waals surface area (Å²) in [5, 5.41) is 5.41. The van der Waals surface area contributed by atoms with Gasteiger partial charge in [0.1, 0.15) is 11.9 Å². The van der Waals surface area contributed by atoms with Crippen LogP contribution >= 0.6 is 12.2 Å². The molecule has 0 saturated heterocycles. The SMILES string of the molecule is CCN=C1C(=NN)CC(C=S)=C(N)c2ccc(F)cc2[C@@H](C)Oc2cc1cnc2N. The van der Waals surface area contributed by atoms with Gasteiger partial charge in [0.25, 0.3) is 0 Å². The second-order valence-corrected chi connectivity index (χ2v) is 6.97. The highest BCUT2D eigenvalue weighted by molar-refractivity contribution is 7.79. The van der Waals surface area contributed by atoms with Gasteiger partial charge in [-0.05, 0) is 43.7 Å². The number of halogens is 1. The average Bonchev–Trinajstić information content (AvgIpc) is 2.74. The number of ether oxygens (including phenoxy) is 1. The molecule has 6 N–H and O–H groups in total. The van der Waals surface area contributed by atoms with Gasteiger partial charge in [0.05, 0.1) is 11.4 Å². The van der Waals surface area contributed by atoms with Crippen LogP contribution in [0.3, 0.4) is 0 Å². The van der Waals surface area contributed by atoms with Crippen LogP contribution in [0.25, 0.3) is 5.70 Å². The maximum absolute atomic E-state index is 14.1. The third-order valence-corrected chi connectivity index (χ3v) is 5.08. The third kappa shape index (κ3) is 4.16. The summed E-state index contributed by atoms with van der Waals surface area (Å²) in [6.45, 7) is 4.18. The number of aromatic nitrogens is 1. The Labute approximate surface area is 179 Å². The molecule has 0 aliphatic carbocycles. The fourth-order valence-electron chi connectivity index (χ4n) is 3.30. The minimum absolute atomic E-state index is 0.200. The highest BCUT2D eigenvalue weighted by atomic mass is 32.1. The summed E-state index contributed by atoms with van der Waals surface area (Å²) in [7, 11) is 0. The van der Waals surface area contributed by atoms with E-state index in [-0.39, 0.29) is 12.2 Å². The monoisotopic (exact) mass is 426 g/mol. The molecule has 1 aliphatic heterocycles. The number of thiocarbonyl (C=S) groups is 1. The van der Waals surface area contributed by atoms with Gasteiger partial charge in [-0.3, -0.25) is 4.99 Å². The molecule has 30 heavy (non-hydrogen) atoms. The minimum atomic E-state index is -0.561. The van der Waals surface area contributed by atoms with Gasteiger partial charge in [0.15, 0.2) is 11.6 Å². The number of nitrogen functional groups attached to an aromatic ring is 1. The number of hydrogen-bond donors (Lipinski definition) is 3. The van der Waals surface area contributed by atoms with E-state index in [1.807, 2.05) is 6.92 Å². The van der Waals surface area contributed by atoms with Crippen molar-refractivity contribution < 1.29 is 9.13 Å². The summed E-state index contributed by atoms with van der Waals surface area (Å²) in [5.74, 6) is 5.84. The number of nitrogens with zero attached hydrogens (tertiary/aromatic N) is 3. The first-order valence-electron chi connectivity index (χ1n) is 9.37. The van der Waals surface area contributed by atoms with E-state index < -0.39 is 11.9 Å². The zero-order valence-corrected chi connectivity index (χ0v) is 17.5. The predicted molar refractivity (Wildman–Crippen MR) is 122 cm³/mol. The van der Waals surface area contributed by atoms with Gasteiger partial charge >= 0.3 is 0 Å². The number of rotatable bonds is 2. The molecule has 1 atom stereocenters. The standard InChI is InChI=1S/C21H23FN6OS/c1-3-26-20-12-7-18(21(24)27-9-12)29-11(2)16-8-14(22)4-5-15(16)19(23)13(10-30)6-17(20)28-25/h4-5,7-11H,3,6,23,25H2,1-2H3,(H2,24,27)/t11-/m1/s1. The zero-order chi connectivity index (χ0) is 21.8. The number of allylic oxidation sites excluding steroid dienone is 1. The van der Waals surface area contributed by atoms with Gasteiger partial charge in [-0.1, -0.05) is 12.2 Å². The van der Waals surface area contributed by atoms with Crippen LogP contribution < -0.4 is 22.0 Å². The molecule has 2 bridgehead atoms. The molecular formula is C21H23FN6OS. The molecule has 0 amide bonds. The second kappa shape index (κ2) is 9.00. The highest BCUT2D eigenvalue weighted by Crippen LogP contribution is 2.32. The van der Waals surface area contributed by atoms with E-state index in [4.69, 9.17) is 34.3 Å². The van der Waals surface area contributed by atoms with Crippen molar-refractivity contribution in [3.63, 3.8) is 0 Å². The van der Waals surface area contributed by atoms with E-state index >= 15 is 0 Å². The lowest BCUT2D eigenvalue weighted by atomic mass is 9.94. The van der Waals surface area contributed by atoms with Gasteiger partial charge in [0, 0.05) is 46.9 Å². The lowest BCUT2D eigenvalue weighted by Gasteiger charge is -2.22. The molecule has 0 fully saturated rings. The number of nitrogens with two attached hydrogens (primary N) is 3. The quantitative estimate of drug-likeness (QED) is 0.385. The Hall–Kier alpha value is -3.33. The molecule has 7 nitrogen and oxygen atoms in total. The molecule has 0 radical (unpaired) electrons. The molecule has 1 aromatic heterocycles. The van der Waals surface area contributed by atoms with Gasteiger partial charge in [-0.25, -0.2) is 9.37 Å². The highest BCUT2D eigenvalue weighted by Gasteiger charge is 2.23. The van der Waals surface area contributed by atoms with Crippen LogP contribution in [-0.4, -0.2) is 28.3 Å². The predicted octanol–water partition coefficient (Wildman–Crippen LogP) is 3.14. The number of anilines is 1. The van der Waals surface area contributed by atoms with Crippen molar-refractivity contribution in [1.82, 2.24) is 4.98 Å². The van der Waals surface area contributed by atoms with Crippen molar-refractivity contribution in [2.45, 2.75) is 26.4 Å². The Morgan fingerprint density at radius 3 is 2.77 bits per heavy atom. The van der Waals surface area contributed by atoms with Crippen LogP contribution in [-0.2, 0) is 0 Å². The van der Waals surface area contributed by atoms with Gasteiger partial charge < -0.3 is 22.0 Å². The molecule has 0 saturated carbocycles. The molecule has 9 heteroatoms. The van der Waals surface area contributed by atoms with Gasteiger partial charge in [-0.2, -0.15) is 5.10 Å². The van der Waals surface area contributed by atoms with Crippen LogP contribution in [0.1, 0.15) is 43.1 Å². The van der Waals surface area contributed by atoms with E-state index in [9.17, 15) is 4.39 Å². The van der Waals surface area contributed by atoms with Crippen molar-refractivity contribution in [1.29, 1.82) is 0 Å². The van der Waals surface area contributed by atoms with E-state index in [1.165, 1.54) is 17.5 Å². The minimum Gasteiger partial charge on any atom is -0.482 e. The lowest BCUT2D eigenvalue weighted by molar-refractivity contribution is 0.226. The van der Waals surface area contributed by atoms with Crippen LogP contribution in [0.5, 0.6) is 5.75 Å². The molecule has 3 rings (SSSR count). The third-order valence-electron chi connectivity index (χ3n) is 4.79. The smallest absolute Gasteiger partial charge is 0.166 e. The van der Waals surface area contributed by atoms with Crippen LogP contribution in [0, 0.1) is 5.82 Å². The normalized spacial score (nSPS) is 19.6. The largest absolute Gasteiger partial charge is 0.482 e. The Bertz CT molecular complexity index is 1080. The van der Waals surface area contributed by atoms with Crippen LogP contribution in [0.15, 0.2) is 46.1 Å². The van der Waals surface area contributed by atoms with E-state index in [2.05, 4.69) is 15.1 Å². The molecule has 0 spiro atoms. The van der Waals surface area contributed by atoms with Crippen molar-refractivity contribution in [3.05, 3.63) is 58.5 Å². The van der Waals surface area contributed by atoms with Crippen molar-refractivity contribution >= 4 is 40.5 Å². The summed E-state index contributed by atoms with van der Waals surface area (Å²) in [6.07, 6.45) is 1.26. The maximum atomic E-state index is 14.1. The first-order chi connectivity index (χ1) is 14.4. The average molecular weight is 427 g/mol. The zero-order valence-electron chi connectivity index (χ0n) is 16.7. The fraction of sp³-hybridized carbons (Fsp3) is 0.238. The summed E-state index contributed by atoms with van der Waals surface area (Å²) >= 11 is 5.21. The number of hydrogen-bond acceptors (Lipinski definition) is 8. The first kappa shape index (κ1) is 21.4. The molecular weight excluding hydrogens is 403 g/mol. The Morgan fingerprint density at radius 1 is 1.33 bits per heavy atom. The van der Waals surface area contributed by atoms with E-state index in [1.54, 1.807) is 25.3 Å². The first-order valence-corrected chi connectivity index (χ1v) is 9.84. The molecule has 2 aromatic rings. The van der Waals surface area contributed by atoms with Crippen molar-refractivity contribution in [2.24, 2.45) is 21.7 Å². The second-order valence-electron chi connectivity index (χ2n) is 6.73. The Morgan fingerprint density at radius 2 is 2.10 bits per heavy atom. The fourth-order valence-corrected chi connectivity index (χ4v) is 3.51. The summed E-state index contributed by atoms with van der Waals surface area (Å²) in [5.41, 5.74) is 16.3. The van der Waals surface area contributed by atoms with Crippen LogP contribution in [0.2, 0.25) is 0 Å². The number of hydrazone groups is 1. The molecule has 1 aliphatic rings. The Balaban J connectivity index is 2.33. The molecule has 2 heterocycles. The van der Waals surface area contributed by atoms with E-state index in [0.29, 0.717) is 51.7 Å². The van der Waals surface area contributed by atoms with Gasteiger partial charge in [0.2, 0.25) is 0 Å². The summed E-state index contributed by atoms with van der Waals surface area (Å²) < 4.78 is 20.1. The topological polar surface area (TPSA) is 125 Å². The van der Waals surface area contributed by atoms with Crippen molar-refractivity contribution in [3.8, 4) is 5.75 Å². The summed E-state index contributed by atoms with van der Waals surface area (Å²) in [6, 6.07) is 6.05. The number of benzene rings is 1. The number of pyridine rings is 1. The lowest BCUT2D eigenvalue weighted by Crippen LogP contribution is -2.22. The number of fused-ring (bicyclic) bond motifs is 3. The molecule has 1 aromatic carbocycles. The number of aliphatic imine (C=N–C) groups is 1. The van der Waals surface area contributed by atoms with E-state index in [0.717, 1.165) is 0 Å². The van der Waals surface area contributed by atoms with Crippen molar-refractivity contribution in [2.75, 3.05) is 12.3 Å². The summed E-state index contributed by atoms with van der Waals surface area (Å²) in [4.78, 5) is 8.77. The van der Waals surface area contributed by atoms with Crippen LogP contribution in [0.4, 0.5) is 10.2 Å². The van der Waals surface area contributed by atoms with Gasteiger partial charge in [-0.15, -0.1) is 0 Å². The maximum Gasteiger partial charge on any atom is 0.166 e. The molecule has 0 unspecified atom stereocenters. The Kier molecular flexibility index (Phi) is 6.41. The molecule has 156 valence electrons.